The quantitative estimate of drug-likeness (QED) is 0.927. The van der Waals surface area contributed by atoms with Gasteiger partial charge in [-0.15, -0.1) is 11.3 Å². The van der Waals surface area contributed by atoms with Crippen LogP contribution in [0.5, 0.6) is 5.75 Å². The van der Waals surface area contributed by atoms with Crippen LogP contribution in [-0.4, -0.2) is 4.98 Å². The van der Waals surface area contributed by atoms with E-state index in [1.807, 2.05) is 25.1 Å². The van der Waals surface area contributed by atoms with Crippen molar-refractivity contribution in [3.05, 3.63) is 44.9 Å². The molecule has 0 bridgehead atoms. The number of nitrogens with two attached hydrogens (primary N) is 1. The van der Waals surface area contributed by atoms with E-state index >= 15 is 0 Å². The topological polar surface area (TPSA) is 48.1 Å². The molecule has 17 heavy (non-hydrogen) atoms. The molecule has 5 heteroatoms. The minimum atomic E-state index is 0.450. The Morgan fingerprint density at radius 1 is 1.47 bits per heavy atom. The molecule has 2 aromatic rings. The summed E-state index contributed by atoms with van der Waals surface area (Å²) >= 11 is 7.46. The van der Waals surface area contributed by atoms with Gasteiger partial charge in [-0.2, -0.15) is 0 Å². The maximum atomic E-state index is 5.87. The van der Waals surface area contributed by atoms with Crippen molar-refractivity contribution in [3.8, 4) is 5.75 Å². The number of aromatic nitrogens is 1. The molecule has 1 aromatic carbocycles. The maximum absolute atomic E-state index is 5.87. The van der Waals surface area contributed by atoms with Crippen molar-refractivity contribution in [3.63, 3.8) is 0 Å². The Hall–Kier alpha value is -1.10. The molecule has 0 atom stereocenters. The zero-order chi connectivity index (χ0) is 12.3. The van der Waals surface area contributed by atoms with E-state index in [9.17, 15) is 0 Å². The van der Waals surface area contributed by atoms with Crippen LogP contribution in [0.25, 0.3) is 0 Å². The number of aryl methyl sites for hydroxylation is 1. The van der Waals surface area contributed by atoms with E-state index in [0.717, 1.165) is 21.3 Å². The van der Waals surface area contributed by atoms with E-state index in [1.165, 1.54) is 0 Å². The summed E-state index contributed by atoms with van der Waals surface area (Å²) in [7, 11) is 0. The Balaban J connectivity index is 2.02. The van der Waals surface area contributed by atoms with Gasteiger partial charge in [-0.3, -0.25) is 0 Å². The van der Waals surface area contributed by atoms with E-state index in [4.69, 9.17) is 22.1 Å². The number of hydrogen-bond acceptors (Lipinski definition) is 4. The molecule has 0 unspecified atom stereocenters. The summed E-state index contributed by atoms with van der Waals surface area (Å²) in [6.07, 6.45) is 0. The molecule has 90 valence electrons. The van der Waals surface area contributed by atoms with Gasteiger partial charge in [0.25, 0.3) is 0 Å². The molecule has 3 nitrogen and oxygen atoms in total. The van der Waals surface area contributed by atoms with Gasteiger partial charge in [-0.25, -0.2) is 4.98 Å². The standard InChI is InChI=1S/C12H13ClN2OS/c1-8-11(6-14)17-12(15-8)7-16-10-4-2-3-9(13)5-10/h2-5H,6-7,14H2,1H3. The van der Waals surface area contributed by atoms with Crippen LogP contribution in [-0.2, 0) is 13.2 Å². The number of hydrogen-bond donors (Lipinski definition) is 1. The minimum Gasteiger partial charge on any atom is -0.486 e. The molecule has 0 aliphatic carbocycles. The van der Waals surface area contributed by atoms with Gasteiger partial charge in [0.05, 0.1) is 5.69 Å². The summed E-state index contributed by atoms with van der Waals surface area (Å²) in [5.41, 5.74) is 6.59. The van der Waals surface area contributed by atoms with Crippen LogP contribution in [0.1, 0.15) is 15.6 Å². The minimum absolute atomic E-state index is 0.450. The number of rotatable bonds is 4. The summed E-state index contributed by atoms with van der Waals surface area (Å²) < 4.78 is 5.61. The van der Waals surface area contributed by atoms with E-state index < -0.39 is 0 Å². The van der Waals surface area contributed by atoms with Crippen LogP contribution in [0.2, 0.25) is 5.02 Å². The van der Waals surface area contributed by atoms with Crippen molar-refractivity contribution in [1.82, 2.24) is 4.98 Å². The molecule has 1 heterocycles. The average molecular weight is 269 g/mol. The van der Waals surface area contributed by atoms with Gasteiger partial charge >= 0.3 is 0 Å². The Labute approximate surface area is 109 Å². The first-order valence-corrected chi connectivity index (χ1v) is 6.42. The summed E-state index contributed by atoms with van der Waals surface area (Å²) in [5.74, 6) is 0.750. The van der Waals surface area contributed by atoms with Crippen molar-refractivity contribution in [1.29, 1.82) is 0 Å². The third kappa shape index (κ3) is 3.19. The largest absolute Gasteiger partial charge is 0.486 e. The lowest BCUT2D eigenvalue weighted by Gasteiger charge is -2.03. The molecule has 1 aromatic heterocycles. The zero-order valence-electron chi connectivity index (χ0n) is 9.44. The fourth-order valence-corrected chi connectivity index (χ4v) is 2.48. The Bertz CT molecular complexity index is 513. The third-order valence-corrected chi connectivity index (χ3v) is 3.67. The SMILES string of the molecule is Cc1nc(COc2cccc(Cl)c2)sc1CN. The van der Waals surface area contributed by atoms with E-state index in [1.54, 1.807) is 17.4 Å². The van der Waals surface area contributed by atoms with Gasteiger partial charge < -0.3 is 10.5 Å². The van der Waals surface area contributed by atoms with Crippen LogP contribution in [0.4, 0.5) is 0 Å². The highest BCUT2D eigenvalue weighted by Gasteiger charge is 2.06. The van der Waals surface area contributed by atoms with Gasteiger partial charge in [0, 0.05) is 16.4 Å². The number of thiazole rings is 1. The Kier molecular flexibility index (Phi) is 3.99. The summed E-state index contributed by atoms with van der Waals surface area (Å²) in [4.78, 5) is 5.51. The third-order valence-electron chi connectivity index (χ3n) is 2.28. The molecule has 2 N–H and O–H groups in total. The van der Waals surface area contributed by atoms with Gasteiger partial charge in [0.15, 0.2) is 0 Å². The van der Waals surface area contributed by atoms with Crippen LogP contribution in [0.3, 0.4) is 0 Å². The van der Waals surface area contributed by atoms with Gasteiger partial charge in [0.2, 0.25) is 0 Å². The predicted octanol–water partition coefficient (Wildman–Crippen LogP) is 3.14. The second-order valence-corrected chi connectivity index (χ2v) is 5.17. The highest BCUT2D eigenvalue weighted by molar-refractivity contribution is 7.11. The van der Waals surface area contributed by atoms with Gasteiger partial charge in [0.1, 0.15) is 17.4 Å². The summed E-state index contributed by atoms with van der Waals surface area (Å²) in [5, 5.41) is 1.60. The van der Waals surface area contributed by atoms with Crippen LogP contribution < -0.4 is 10.5 Å². The molecule has 0 radical (unpaired) electrons. The number of nitrogens with zero attached hydrogens (tertiary/aromatic N) is 1. The highest BCUT2D eigenvalue weighted by atomic mass is 35.5. The first kappa shape index (κ1) is 12.4. The lowest BCUT2D eigenvalue weighted by Crippen LogP contribution is -1.94. The highest BCUT2D eigenvalue weighted by Crippen LogP contribution is 2.21. The smallest absolute Gasteiger partial charge is 0.140 e. The van der Waals surface area contributed by atoms with Crippen LogP contribution >= 0.6 is 22.9 Å². The average Bonchev–Trinajstić information content (AvgIpc) is 2.67. The lowest BCUT2D eigenvalue weighted by molar-refractivity contribution is 0.305. The number of benzene rings is 1. The normalized spacial score (nSPS) is 10.5. The van der Waals surface area contributed by atoms with Crippen molar-refractivity contribution in [2.75, 3.05) is 0 Å². The van der Waals surface area contributed by atoms with E-state index in [2.05, 4.69) is 4.98 Å². The number of ether oxygens (including phenoxy) is 1. The summed E-state index contributed by atoms with van der Waals surface area (Å²) in [6, 6.07) is 7.33. The molecule has 0 saturated heterocycles. The molecule has 0 saturated carbocycles. The predicted molar refractivity (Wildman–Crippen MR) is 70.5 cm³/mol. The first-order valence-electron chi connectivity index (χ1n) is 5.22. The molecule has 2 rings (SSSR count). The lowest BCUT2D eigenvalue weighted by atomic mass is 10.3. The van der Waals surface area contributed by atoms with E-state index in [-0.39, 0.29) is 0 Å². The van der Waals surface area contributed by atoms with E-state index in [0.29, 0.717) is 18.2 Å². The van der Waals surface area contributed by atoms with Crippen molar-refractivity contribution >= 4 is 22.9 Å². The fourth-order valence-electron chi connectivity index (χ4n) is 1.44. The second kappa shape index (κ2) is 5.49. The molecule has 0 aliphatic rings. The first-order chi connectivity index (χ1) is 8.19. The molecular formula is C12H13ClN2OS. The number of halogens is 1. The van der Waals surface area contributed by atoms with Gasteiger partial charge in [-0.05, 0) is 25.1 Å². The fraction of sp³-hybridized carbons (Fsp3) is 0.250. The summed E-state index contributed by atoms with van der Waals surface area (Å²) in [6.45, 7) is 2.94. The molecule has 0 aliphatic heterocycles. The van der Waals surface area contributed by atoms with Gasteiger partial charge in [-0.1, -0.05) is 17.7 Å². The zero-order valence-corrected chi connectivity index (χ0v) is 11.0. The van der Waals surface area contributed by atoms with Crippen molar-refractivity contribution in [2.24, 2.45) is 5.73 Å². The van der Waals surface area contributed by atoms with Crippen LogP contribution in [0.15, 0.2) is 24.3 Å². The van der Waals surface area contributed by atoms with Crippen LogP contribution in [0, 0.1) is 6.92 Å². The molecule has 0 spiro atoms. The van der Waals surface area contributed by atoms with Crippen molar-refractivity contribution < 1.29 is 4.74 Å². The molecule has 0 amide bonds. The van der Waals surface area contributed by atoms with Crippen molar-refractivity contribution in [2.45, 2.75) is 20.1 Å². The monoisotopic (exact) mass is 268 g/mol. The molecule has 0 fully saturated rings. The Morgan fingerprint density at radius 3 is 2.94 bits per heavy atom. The maximum Gasteiger partial charge on any atom is 0.140 e. The second-order valence-electron chi connectivity index (χ2n) is 3.57. The Morgan fingerprint density at radius 2 is 2.29 bits per heavy atom. The molecular weight excluding hydrogens is 256 g/mol.